The third kappa shape index (κ3) is 8.84. The van der Waals surface area contributed by atoms with Gasteiger partial charge in [0.1, 0.15) is 5.75 Å². The van der Waals surface area contributed by atoms with E-state index >= 15 is 0 Å². The average Bonchev–Trinajstić information content (AvgIpc) is 2.77. The number of hydrogen-bond acceptors (Lipinski definition) is 4. The van der Waals surface area contributed by atoms with Crippen LogP contribution in [0.2, 0.25) is 0 Å². The van der Waals surface area contributed by atoms with Crippen LogP contribution >= 0.6 is 0 Å². The lowest BCUT2D eigenvalue weighted by atomic mass is 10.1. The molecule has 2 aromatic carbocycles. The van der Waals surface area contributed by atoms with Crippen molar-refractivity contribution in [2.24, 2.45) is 4.99 Å². The summed E-state index contributed by atoms with van der Waals surface area (Å²) in [5, 5.41) is 6.70. The number of hydrogen-bond donors (Lipinski definition) is 2. The van der Waals surface area contributed by atoms with E-state index in [2.05, 4.69) is 41.8 Å². The first-order valence-corrected chi connectivity index (χ1v) is 10.7. The van der Waals surface area contributed by atoms with E-state index in [1.165, 1.54) is 0 Å². The van der Waals surface area contributed by atoms with Crippen LogP contribution in [0.15, 0.2) is 53.5 Å². The molecule has 0 aromatic heterocycles. The maximum atomic E-state index is 5.71. The van der Waals surface area contributed by atoms with Crippen molar-refractivity contribution in [1.82, 2.24) is 10.6 Å². The Morgan fingerprint density at radius 1 is 0.867 bits per heavy atom. The third-order valence-corrected chi connectivity index (χ3v) is 4.32. The Labute approximate surface area is 180 Å². The normalized spacial score (nSPS) is 11.4. The van der Waals surface area contributed by atoms with Gasteiger partial charge in [0.2, 0.25) is 0 Å². The number of rotatable bonds is 13. The van der Waals surface area contributed by atoms with Crippen LogP contribution in [-0.4, -0.2) is 38.9 Å². The molecule has 0 aliphatic carbocycles. The van der Waals surface area contributed by atoms with Crippen molar-refractivity contribution >= 4 is 5.96 Å². The summed E-state index contributed by atoms with van der Waals surface area (Å²) in [5.74, 6) is 1.68. The van der Waals surface area contributed by atoms with E-state index < -0.39 is 0 Å². The Morgan fingerprint density at radius 2 is 1.67 bits per heavy atom. The molecular weight excluding hydrogens is 378 g/mol. The Morgan fingerprint density at radius 3 is 2.47 bits per heavy atom. The van der Waals surface area contributed by atoms with Crippen molar-refractivity contribution in [1.29, 1.82) is 0 Å². The van der Waals surface area contributed by atoms with Crippen LogP contribution in [0.1, 0.15) is 37.5 Å². The van der Waals surface area contributed by atoms with Crippen molar-refractivity contribution in [3.63, 3.8) is 0 Å². The molecule has 0 unspecified atom stereocenters. The van der Waals surface area contributed by atoms with Crippen molar-refractivity contribution in [3.8, 4) is 5.75 Å². The van der Waals surface area contributed by atoms with Crippen LogP contribution in [0.3, 0.4) is 0 Å². The molecule has 6 heteroatoms. The van der Waals surface area contributed by atoms with Gasteiger partial charge in [0, 0.05) is 25.3 Å². The van der Waals surface area contributed by atoms with E-state index in [0.29, 0.717) is 39.5 Å². The molecule has 6 nitrogen and oxygen atoms in total. The molecule has 0 saturated carbocycles. The van der Waals surface area contributed by atoms with Gasteiger partial charge < -0.3 is 24.8 Å². The number of aliphatic imine (C=N–C) groups is 1. The lowest BCUT2D eigenvalue weighted by Crippen LogP contribution is -2.36. The van der Waals surface area contributed by atoms with E-state index in [-0.39, 0.29) is 0 Å². The molecule has 2 N–H and O–H groups in total. The Hall–Kier alpha value is -2.57. The highest BCUT2D eigenvalue weighted by Gasteiger charge is 2.04. The fraction of sp³-hybridized carbons (Fsp3) is 0.458. The van der Waals surface area contributed by atoms with Gasteiger partial charge in [-0.25, -0.2) is 4.99 Å². The van der Waals surface area contributed by atoms with E-state index in [1.807, 2.05) is 38.1 Å². The van der Waals surface area contributed by atoms with Crippen molar-refractivity contribution < 1.29 is 14.2 Å². The van der Waals surface area contributed by atoms with Crippen LogP contribution in [-0.2, 0) is 29.2 Å². The highest BCUT2D eigenvalue weighted by molar-refractivity contribution is 5.79. The first-order valence-electron chi connectivity index (χ1n) is 10.7. The second kappa shape index (κ2) is 14.4. The number of benzene rings is 2. The minimum Gasteiger partial charge on any atom is -0.494 e. The van der Waals surface area contributed by atoms with Crippen molar-refractivity contribution in [2.75, 3.05) is 33.0 Å². The molecule has 0 fully saturated rings. The molecule has 0 aliphatic heterocycles. The molecule has 0 spiro atoms. The third-order valence-electron chi connectivity index (χ3n) is 4.32. The minimum absolute atomic E-state index is 0.581. The van der Waals surface area contributed by atoms with Gasteiger partial charge in [-0.15, -0.1) is 0 Å². The fourth-order valence-electron chi connectivity index (χ4n) is 2.91. The van der Waals surface area contributed by atoms with Crippen LogP contribution in [0.25, 0.3) is 0 Å². The summed E-state index contributed by atoms with van der Waals surface area (Å²) in [7, 11) is 0. The predicted molar refractivity (Wildman–Crippen MR) is 122 cm³/mol. The molecule has 30 heavy (non-hydrogen) atoms. The Bertz CT molecular complexity index is 765. The molecular formula is C24H35N3O3. The topological polar surface area (TPSA) is 64.1 Å². The van der Waals surface area contributed by atoms with Crippen LogP contribution in [0.4, 0.5) is 0 Å². The Balaban J connectivity index is 1.92. The number of nitrogens with zero attached hydrogens (tertiary/aromatic N) is 1. The standard InChI is InChI=1S/C24H35N3O3/c1-4-25-24(27-18-22-12-7-8-13-23(22)30-6-3)26-17-20-10-9-11-21(16-20)19-29-15-14-28-5-2/h7-13,16H,4-6,14-15,17-19H2,1-3H3,(H2,25,26,27). The highest BCUT2D eigenvalue weighted by atomic mass is 16.5. The summed E-state index contributed by atoms with van der Waals surface area (Å²) in [6.07, 6.45) is 0. The molecule has 0 heterocycles. The summed E-state index contributed by atoms with van der Waals surface area (Å²) in [6.45, 7) is 11.3. The lowest BCUT2D eigenvalue weighted by Gasteiger charge is -2.14. The SMILES string of the molecule is CCNC(=NCc1cccc(COCCOCC)c1)NCc1ccccc1OCC. The van der Waals surface area contributed by atoms with Gasteiger partial charge in [-0.1, -0.05) is 42.5 Å². The minimum atomic E-state index is 0.581. The Kier molecular flexibility index (Phi) is 11.4. The zero-order valence-electron chi connectivity index (χ0n) is 18.4. The first kappa shape index (κ1) is 23.7. The van der Waals surface area contributed by atoms with Gasteiger partial charge in [-0.05, 0) is 38.0 Å². The monoisotopic (exact) mass is 413 g/mol. The zero-order valence-corrected chi connectivity index (χ0v) is 18.4. The van der Waals surface area contributed by atoms with Crippen LogP contribution in [0.5, 0.6) is 5.75 Å². The molecule has 2 aromatic rings. The molecule has 0 bridgehead atoms. The summed E-state index contributed by atoms with van der Waals surface area (Å²) in [4.78, 5) is 4.73. The number of nitrogens with one attached hydrogen (secondary N) is 2. The second-order valence-electron chi connectivity index (χ2n) is 6.66. The van der Waals surface area contributed by atoms with Crippen molar-refractivity contribution in [3.05, 3.63) is 65.2 Å². The van der Waals surface area contributed by atoms with Gasteiger partial charge in [0.15, 0.2) is 5.96 Å². The molecule has 2 rings (SSSR count). The first-order chi connectivity index (χ1) is 14.8. The number of guanidine groups is 1. The van der Waals surface area contributed by atoms with Gasteiger partial charge in [-0.3, -0.25) is 0 Å². The van der Waals surface area contributed by atoms with Gasteiger partial charge >= 0.3 is 0 Å². The molecule has 164 valence electrons. The van der Waals surface area contributed by atoms with E-state index in [0.717, 1.165) is 41.6 Å². The summed E-state index contributed by atoms with van der Waals surface area (Å²) < 4.78 is 16.7. The molecule has 0 amide bonds. The van der Waals surface area contributed by atoms with E-state index in [4.69, 9.17) is 19.2 Å². The maximum Gasteiger partial charge on any atom is 0.191 e. The van der Waals surface area contributed by atoms with Crippen LogP contribution < -0.4 is 15.4 Å². The van der Waals surface area contributed by atoms with E-state index in [9.17, 15) is 0 Å². The smallest absolute Gasteiger partial charge is 0.191 e. The fourth-order valence-corrected chi connectivity index (χ4v) is 2.91. The van der Waals surface area contributed by atoms with Crippen molar-refractivity contribution in [2.45, 2.75) is 40.5 Å². The molecule has 0 saturated heterocycles. The lowest BCUT2D eigenvalue weighted by molar-refractivity contribution is 0.0453. The molecule has 0 radical (unpaired) electrons. The highest BCUT2D eigenvalue weighted by Crippen LogP contribution is 2.17. The maximum absolute atomic E-state index is 5.71. The van der Waals surface area contributed by atoms with E-state index in [1.54, 1.807) is 0 Å². The largest absolute Gasteiger partial charge is 0.494 e. The predicted octanol–water partition coefficient (Wildman–Crippen LogP) is 3.89. The molecule has 0 aliphatic rings. The summed E-state index contributed by atoms with van der Waals surface area (Å²) in [6, 6.07) is 16.4. The number of para-hydroxylation sites is 1. The zero-order chi connectivity index (χ0) is 21.4. The quantitative estimate of drug-likeness (QED) is 0.296. The van der Waals surface area contributed by atoms with Crippen LogP contribution in [0, 0.1) is 0 Å². The van der Waals surface area contributed by atoms with Gasteiger partial charge in [-0.2, -0.15) is 0 Å². The van der Waals surface area contributed by atoms with Gasteiger partial charge in [0.25, 0.3) is 0 Å². The second-order valence-corrected chi connectivity index (χ2v) is 6.66. The summed E-state index contributed by atoms with van der Waals surface area (Å²) >= 11 is 0. The van der Waals surface area contributed by atoms with Gasteiger partial charge in [0.05, 0.1) is 33.0 Å². The summed E-state index contributed by atoms with van der Waals surface area (Å²) in [5.41, 5.74) is 3.40. The number of ether oxygens (including phenoxy) is 3. The average molecular weight is 414 g/mol. The molecule has 0 atom stereocenters.